The number of aliphatic carboxylic acids is 1. The molecule has 0 aromatic heterocycles. The maximum atomic E-state index is 12.8. The molecule has 3 aliphatic carbocycles. The Labute approximate surface area is 151 Å². The summed E-state index contributed by atoms with van der Waals surface area (Å²) < 4.78 is 0. The van der Waals surface area contributed by atoms with Crippen molar-refractivity contribution in [2.24, 2.45) is 23.7 Å². The zero-order valence-corrected chi connectivity index (χ0v) is 14.6. The Morgan fingerprint density at radius 1 is 1.08 bits per heavy atom. The second kappa shape index (κ2) is 6.27. The SMILES string of the molecule is Cc1ccc(C(=O)NC2CC2)cc1NC(=O)[C@H]1[C@@H](C(=O)O)[C@H]2C=C[C@H]1C2. The maximum Gasteiger partial charge on any atom is 0.307 e. The summed E-state index contributed by atoms with van der Waals surface area (Å²) in [4.78, 5) is 36.7. The lowest BCUT2D eigenvalue weighted by Gasteiger charge is -2.24. The molecule has 2 amide bonds. The fraction of sp³-hybridized carbons (Fsp3) is 0.450. The topological polar surface area (TPSA) is 95.5 Å². The summed E-state index contributed by atoms with van der Waals surface area (Å²) in [5, 5.41) is 15.3. The first-order valence-electron chi connectivity index (χ1n) is 9.07. The molecule has 1 aromatic rings. The largest absolute Gasteiger partial charge is 0.481 e. The van der Waals surface area contributed by atoms with Crippen LogP contribution < -0.4 is 10.6 Å². The quantitative estimate of drug-likeness (QED) is 0.707. The molecule has 136 valence electrons. The number of carboxylic acids is 1. The van der Waals surface area contributed by atoms with Crippen LogP contribution in [0.25, 0.3) is 0 Å². The number of amides is 2. The second-order valence-corrected chi connectivity index (χ2v) is 7.60. The van der Waals surface area contributed by atoms with Gasteiger partial charge in [0.15, 0.2) is 0 Å². The average molecular weight is 354 g/mol. The van der Waals surface area contributed by atoms with E-state index in [9.17, 15) is 19.5 Å². The molecule has 2 bridgehead atoms. The van der Waals surface area contributed by atoms with Gasteiger partial charge >= 0.3 is 5.97 Å². The van der Waals surface area contributed by atoms with Crippen LogP contribution in [0, 0.1) is 30.6 Å². The van der Waals surface area contributed by atoms with E-state index in [2.05, 4.69) is 10.6 Å². The van der Waals surface area contributed by atoms with E-state index < -0.39 is 17.8 Å². The number of hydrogen-bond donors (Lipinski definition) is 3. The molecule has 2 saturated carbocycles. The summed E-state index contributed by atoms with van der Waals surface area (Å²) in [6.07, 6.45) is 6.62. The van der Waals surface area contributed by atoms with Crippen LogP contribution in [-0.2, 0) is 9.59 Å². The molecule has 6 heteroatoms. The molecule has 4 atom stereocenters. The van der Waals surface area contributed by atoms with Gasteiger partial charge in [-0.2, -0.15) is 0 Å². The van der Waals surface area contributed by atoms with Crippen LogP contribution >= 0.6 is 0 Å². The minimum absolute atomic E-state index is 0.0252. The number of carbonyl (C=O) groups excluding carboxylic acids is 2. The van der Waals surface area contributed by atoms with Crippen LogP contribution in [-0.4, -0.2) is 28.9 Å². The van der Waals surface area contributed by atoms with Crippen molar-refractivity contribution in [3.63, 3.8) is 0 Å². The third-order valence-corrected chi connectivity index (χ3v) is 5.72. The van der Waals surface area contributed by atoms with Crippen LogP contribution in [0.4, 0.5) is 5.69 Å². The third kappa shape index (κ3) is 3.00. The van der Waals surface area contributed by atoms with Gasteiger partial charge < -0.3 is 15.7 Å². The molecule has 3 N–H and O–H groups in total. The first-order chi connectivity index (χ1) is 12.4. The fourth-order valence-electron chi connectivity index (χ4n) is 4.13. The molecule has 0 unspecified atom stereocenters. The average Bonchev–Trinajstić information content (AvgIpc) is 3.17. The number of rotatable bonds is 5. The number of aryl methyl sites for hydroxylation is 1. The lowest BCUT2D eigenvalue weighted by Crippen LogP contribution is -2.36. The molecule has 0 heterocycles. The van der Waals surface area contributed by atoms with E-state index in [-0.39, 0.29) is 29.7 Å². The number of anilines is 1. The van der Waals surface area contributed by atoms with Gasteiger partial charge in [-0.25, -0.2) is 0 Å². The van der Waals surface area contributed by atoms with Gasteiger partial charge in [-0.05, 0) is 55.7 Å². The van der Waals surface area contributed by atoms with E-state index in [4.69, 9.17) is 0 Å². The van der Waals surface area contributed by atoms with Crippen molar-refractivity contribution in [2.75, 3.05) is 5.32 Å². The lowest BCUT2D eigenvalue weighted by molar-refractivity contribution is -0.146. The van der Waals surface area contributed by atoms with Gasteiger partial charge in [-0.3, -0.25) is 14.4 Å². The molecule has 1 aromatic carbocycles. The first-order valence-corrected chi connectivity index (χ1v) is 9.07. The Hall–Kier alpha value is -2.63. The zero-order valence-electron chi connectivity index (χ0n) is 14.6. The Kier molecular flexibility index (Phi) is 4.05. The molecule has 2 fully saturated rings. The monoisotopic (exact) mass is 354 g/mol. The first kappa shape index (κ1) is 16.8. The van der Waals surface area contributed by atoms with Crippen molar-refractivity contribution in [1.29, 1.82) is 0 Å². The number of carbonyl (C=O) groups is 3. The minimum Gasteiger partial charge on any atom is -0.481 e. The maximum absolute atomic E-state index is 12.8. The summed E-state index contributed by atoms with van der Waals surface area (Å²) in [5.41, 5.74) is 1.90. The van der Waals surface area contributed by atoms with Crippen LogP contribution in [0.2, 0.25) is 0 Å². The molecule has 0 radical (unpaired) electrons. The van der Waals surface area contributed by atoms with Gasteiger partial charge in [0, 0.05) is 17.3 Å². The molecule has 0 saturated heterocycles. The predicted molar refractivity (Wildman–Crippen MR) is 95.6 cm³/mol. The van der Waals surface area contributed by atoms with Gasteiger partial charge in [0.2, 0.25) is 5.91 Å². The van der Waals surface area contributed by atoms with E-state index in [1.807, 2.05) is 19.1 Å². The second-order valence-electron chi connectivity index (χ2n) is 7.60. The Bertz CT molecular complexity index is 812. The van der Waals surface area contributed by atoms with E-state index >= 15 is 0 Å². The van der Waals surface area contributed by atoms with Gasteiger partial charge in [-0.15, -0.1) is 0 Å². The highest BCUT2D eigenvalue weighted by molar-refractivity contribution is 6.00. The van der Waals surface area contributed by atoms with Crippen molar-refractivity contribution >= 4 is 23.5 Å². The lowest BCUT2D eigenvalue weighted by atomic mass is 9.82. The molecular formula is C20H22N2O4. The molecular weight excluding hydrogens is 332 g/mol. The van der Waals surface area contributed by atoms with E-state index in [0.29, 0.717) is 11.3 Å². The van der Waals surface area contributed by atoms with Crippen molar-refractivity contribution in [3.05, 3.63) is 41.5 Å². The molecule has 26 heavy (non-hydrogen) atoms. The standard InChI is InChI=1S/C20H22N2O4/c1-10-2-3-13(18(23)21-14-6-7-14)9-15(10)22-19(24)16-11-4-5-12(8-11)17(16)20(25)26/h2-5,9,11-12,14,16-17H,6-8H2,1H3,(H,21,23)(H,22,24)(H,25,26)/t11-,12-,16+,17-/m0/s1. The normalized spacial score (nSPS) is 28.8. The summed E-state index contributed by atoms with van der Waals surface area (Å²) in [7, 11) is 0. The molecule has 4 rings (SSSR count). The number of hydrogen-bond acceptors (Lipinski definition) is 3. The Balaban J connectivity index is 1.53. The highest BCUT2D eigenvalue weighted by atomic mass is 16.4. The van der Waals surface area contributed by atoms with Gasteiger partial charge in [0.1, 0.15) is 0 Å². The van der Waals surface area contributed by atoms with Gasteiger partial charge in [0.05, 0.1) is 11.8 Å². The number of carboxylic acid groups (broad SMARTS) is 1. The molecule has 0 spiro atoms. The molecule has 0 aliphatic heterocycles. The molecule has 3 aliphatic rings. The van der Waals surface area contributed by atoms with Gasteiger partial charge in [-0.1, -0.05) is 18.2 Å². The highest BCUT2D eigenvalue weighted by Gasteiger charge is 2.51. The third-order valence-electron chi connectivity index (χ3n) is 5.72. The van der Waals surface area contributed by atoms with Crippen LogP contribution in [0.3, 0.4) is 0 Å². The smallest absolute Gasteiger partial charge is 0.307 e. The summed E-state index contributed by atoms with van der Waals surface area (Å²) >= 11 is 0. The number of allylic oxidation sites excluding steroid dienone is 2. The number of benzene rings is 1. The summed E-state index contributed by atoms with van der Waals surface area (Å²) in [6.45, 7) is 1.85. The summed E-state index contributed by atoms with van der Waals surface area (Å²) in [6, 6.07) is 5.47. The number of fused-ring (bicyclic) bond motifs is 2. The van der Waals surface area contributed by atoms with E-state index in [0.717, 1.165) is 24.8 Å². The van der Waals surface area contributed by atoms with Crippen molar-refractivity contribution in [1.82, 2.24) is 5.32 Å². The van der Waals surface area contributed by atoms with Crippen LogP contribution in [0.15, 0.2) is 30.4 Å². The highest BCUT2D eigenvalue weighted by Crippen LogP contribution is 2.48. The van der Waals surface area contributed by atoms with Crippen molar-refractivity contribution in [3.8, 4) is 0 Å². The summed E-state index contributed by atoms with van der Waals surface area (Å²) in [5.74, 6) is -2.67. The van der Waals surface area contributed by atoms with Crippen LogP contribution in [0.5, 0.6) is 0 Å². The molecule has 6 nitrogen and oxygen atoms in total. The minimum atomic E-state index is -0.920. The zero-order chi connectivity index (χ0) is 18.4. The Morgan fingerprint density at radius 2 is 1.77 bits per heavy atom. The van der Waals surface area contributed by atoms with E-state index in [1.165, 1.54) is 0 Å². The predicted octanol–water partition coefficient (Wildman–Crippen LogP) is 2.35. The van der Waals surface area contributed by atoms with Crippen LogP contribution in [0.1, 0.15) is 35.2 Å². The fourth-order valence-corrected chi connectivity index (χ4v) is 4.13. The van der Waals surface area contributed by atoms with Crippen molar-refractivity contribution < 1.29 is 19.5 Å². The Morgan fingerprint density at radius 3 is 2.42 bits per heavy atom. The number of nitrogens with one attached hydrogen (secondary N) is 2. The van der Waals surface area contributed by atoms with Crippen molar-refractivity contribution in [2.45, 2.75) is 32.2 Å². The van der Waals surface area contributed by atoms with E-state index in [1.54, 1.807) is 18.2 Å². The van der Waals surface area contributed by atoms with Gasteiger partial charge in [0.25, 0.3) is 5.91 Å².